The van der Waals surface area contributed by atoms with Crippen molar-refractivity contribution in [2.75, 3.05) is 24.7 Å². The fourth-order valence-corrected chi connectivity index (χ4v) is 2.99. The summed E-state index contributed by atoms with van der Waals surface area (Å²) in [5.74, 6) is 3.20. The van der Waals surface area contributed by atoms with Crippen LogP contribution in [0.25, 0.3) is 16.4 Å². The molecule has 0 aromatic carbocycles. The highest BCUT2D eigenvalue weighted by molar-refractivity contribution is 8.08. The summed E-state index contributed by atoms with van der Waals surface area (Å²) in [5.41, 5.74) is 1.79. The molecule has 0 aliphatic carbocycles. The van der Waals surface area contributed by atoms with Crippen LogP contribution in [0.5, 0.6) is 0 Å². The van der Waals surface area contributed by atoms with Crippen LogP contribution in [0, 0.1) is 6.92 Å². The Bertz CT molecular complexity index is 687. The van der Waals surface area contributed by atoms with Crippen molar-refractivity contribution in [2.45, 2.75) is 20.3 Å². The molecule has 0 N–H and O–H groups in total. The SMILES string of the molecule is C=CCS/C(=C\CC)c1nc(-c2ccc(N(C)C)nc2)oc1C. The standard InChI is InChI=1S/C18H23N3OS/c1-6-8-15(23-11-7-2)17-13(3)22-18(20-17)14-9-10-16(19-12-14)21(4)5/h7-10,12H,2,6,11H2,1,3-5H3/b15-8-. The molecule has 23 heavy (non-hydrogen) atoms. The number of hydrogen-bond acceptors (Lipinski definition) is 5. The predicted octanol–water partition coefficient (Wildman–Crippen LogP) is 4.78. The molecule has 0 atom stereocenters. The molecule has 0 spiro atoms. The number of hydrogen-bond donors (Lipinski definition) is 0. The summed E-state index contributed by atoms with van der Waals surface area (Å²) >= 11 is 1.73. The van der Waals surface area contributed by atoms with E-state index >= 15 is 0 Å². The van der Waals surface area contributed by atoms with Gasteiger partial charge in [0.25, 0.3) is 0 Å². The molecule has 0 saturated carbocycles. The Morgan fingerprint density at radius 3 is 2.74 bits per heavy atom. The quantitative estimate of drug-likeness (QED) is 0.684. The summed E-state index contributed by atoms with van der Waals surface area (Å²) in [5, 5.41) is 0. The van der Waals surface area contributed by atoms with Crippen molar-refractivity contribution in [3.63, 3.8) is 0 Å². The summed E-state index contributed by atoms with van der Waals surface area (Å²) in [7, 11) is 3.93. The minimum absolute atomic E-state index is 0.608. The number of allylic oxidation sites excluding steroid dienone is 1. The summed E-state index contributed by atoms with van der Waals surface area (Å²) in [6.45, 7) is 7.85. The second kappa shape index (κ2) is 8.02. The topological polar surface area (TPSA) is 42.2 Å². The minimum Gasteiger partial charge on any atom is -0.441 e. The predicted molar refractivity (Wildman–Crippen MR) is 99.7 cm³/mol. The minimum atomic E-state index is 0.608. The lowest BCUT2D eigenvalue weighted by Gasteiger charge is -2.10. The number of aryl methyl sites for hydroxylation is 1. The Morgan fingerprint density at radius 1 is 1.39 bits per heavy atom. The van der Waals surface area contributed by atoms with E-state index in [1.165, 1.54) is 0 Å². The first-order valence-corrected chi connectivity index (χ1v) is 8.60. The molecule has 4 nitrogen and oxygen atoms in total. The fourth-order valence-electron chi connectivity index (χ4n) is 2.08. The third-order valence-corrected chi connectivity index (χ3v) is 4.30. The lowest BCUT2D eigenvalue weighted by Crippen LogP contribution is -2.09. The van der Waals surface area contributed by atoms with E-state index in [-0.39, 0.29) is 0 Å². The maximum atomic E-state index is 5.86. The number of rotatable bonds is 7. The van der Waals surface area contributed by atoms with Gasteiger partial charge in [-0.05, 0) is 25.5 Å². The zero-order valence-electron chi connectivity index (χ0n) is 14.2. The molecule has 0 amide bonds. The molecule has 2 aromatic heterocycles. The van der Waals surface area contributed by atoms with Gasteiger partial charge >= 0.3 is 0 Å². The molecule has 5 heteroatoms. The highest BCUT2D eigenvalue weighted by atomic mass is 32.2. The Morgan fingerprint density at radius 2 is 2.17 bits per heavy atom. The van der Waals surface area contributed by atoms with E-state index in [1.807, 2.05) is 44.1 Å². The normalized spacial score (nSPS) is 11.6. The number of thioether (sulfide) groups is 1. The maximum absolute atomic E-state index is 5.86. The molecule has 0 fully saturated rings. The van der Waals surface area contributed by atoms with E-state index < -0.39 is 0 Å². The summed E-state index contributed by atoms with van der Waals surface area (Å²) < 4.78 is 5.86. The van der Waals surface area contributed by atoms with Gasteiger partial charge in [0.05, 0.1) is 5.56 Å². The van der Waals surface area contributed by atoms with Crippen LogP contribution in [-0.2, 0) is 0 Å². The zero-order chi connectivity index (χ0) is 16.8. The maximum Gasteiger partial charge on any atom is 0.228 e. The largest absolute Gasteiger partial charge is 0.441 e. The average molecular weight is 329 g/mol. The van der Waals surface area contributed by atoms with Crippen LogP contribution in [0.1, 0.15) is 24.8 Å². The van der Waals surface area contributed by atoms with Gasteiger partial charge in [0, 0.05) is 31.0 Å². The Kier molecular flexibility index (Phi) is 6.04. The highest BCUT2D eigenvalue weighted by Crippen LogP contribution is 2.32. The molecular weight excluding hydrogens is 306 g/mol. The van der Waals surface area contributed by atoms with Crippen molar-refractivity contribution in [1.29, 1.82) is 0 Å². The zero-order valence-corrected chi connectivity index (χ0v) is 15.0. The van der Waals surface area contributed by atoms with E-state index in [2.05, 4.69) is 29.5 Å². The number of anilines is 1. The monoisotopic (exact) mass is 329 g/mol. The third-order valence-electron chi connectivity index (χ3n) is 3.23. The molecule has 122 valence electrons. The van der Waals surface area contributed by atoms with Crippen molar-refractivity contribution in [1.82, 2.24) is 9.97 Å². The van der Waals surface area contributed by atoms with Crippen LogP contribution >= 0.6 is 11.8 Å². The molecular formula is C18H23N3OS. The van der Waals surface area contributed by atoms with Crippen LogP contribution in [0.2, 0.25) is 0 Å². The fraction of sp³-hybridized carbons (Fsp3) is 0.333. The Balaban J connectivity index is 2.32. The van der Waals surface area contributed by atoms with Crippen LogP contribution in [0.15, 0.2) is 41.5 Å². The second-order valence-electron chi connectivity index (χ2n) is 5.30. The van der Waals surface area contributed by atoms with Crippen LogP contribution < -0.4 is 4.90 Å². The smallest absolute Gasteiger partial charge is 0.228 e. The van der Waals surface area contributed by atoms with Gasteiger partial charge in [0.2, 0.25) is 5.89 Å². The molecule has 2 rings (SSSR count). The lowest BCUT2D eigenvalue weighted by atomic mass is 10.2. The summed E-state index contributed by atoms with van der Waals surface area (Å²) in [6, 6.07) is 3.95. The van der Waals surface area contributed by atoms with Crippen LogP contribution in [-0.4, -0.2) is 29.8 Å². The van der Waals surface area contributed by atoms with Gasteiger partial charge in [-0.3, -0.25) is 0 Å². The molecule has 0 unspecified atom stereocenters. The lowest BCUT2D eigenvalue weighted by molar-refractivity contribution is 0.541. The van der Waals surface area contributed by atoms with E-state index in [9.17, 15) is 0 Å². The number of aromatic nitrogens is 2. The van der Waals surface area contributed by atoms with Gasteiger partial charge in [-0.2, -0.15) is 0 Å². The average Bonchev–Trinajstić information content (AvgIpc) is 2.93. The van der Waals surface area contributed by atoms with Gasteiger partial charge in [0.15, 0.2) is 0 Å². The van der Waals surface area contributed by atoms with Crippen molar-refractivity contribution in [3.8, 4) is 11.5 Å². The van der Waals surface area contributed by atoms with E-state index in [0.29, 0.717) is 5.89 Å². The first-order valence-electron chi connectivity index (χ1n) is 7.62. The van der Waals surface area contributed by atoms with Gasteiger partial charge in [-0.15, -0.1) is 18.3 Å². The number of oxazole rings is 1. The summed E-state index contributed by atoms with van der Waals surface area (Å²) in [4.78, 5) is 12.2. The van der Waals surface area contributed by atoms with Crippen molar-refractivity contribution < 1.29 is 4.42 Å². The number of nitrogens with zero attached hydrogens (tertiary/aromatic N) is 3. The van der Waals surface area contributed by atoms with Gasteiger partial charge < -0.3 is 9.32 Å². The van der Waals surface area contributed by atoms with Gasteiger partial charge in [-0.1, -0.05) is 19.1 Å². The van der Waals surface area contributed by atoms with Crippen molar-refractivity contribution in [2.24, 2.45) is 0 Å². The number of pyridine rings is 1. The van der Waals surface area contributed by atoms with Gasteiger partial charge in [-0.25, -0.2) is 9.97 Å². The molecule has 0 aliphatic rings. The molecule has 0 radical (unpaired) electrons. The van der Waals surface area contributed by atoms with Crippen LogP contribution in [0.3, 0.4) is 0 Å². The highest BCUT2D eigenvalue weighted by Gasteiger charge is 2.15. The van der Waals surface area contributed by atoms with Crippen LogP contribution in [0.4, 0.5) is 5.82 Å². The van der Waals surface area contributed by atoms with E-state index in [4.69, 9.17) is 4.42 Å². The van der Waals surface area contributed by atoms with E-state index in [0.717, 1.165) is 39.9 Å². The van der Waals surface area contributed by atoms with Crippen molar-refractivity contribution in [3.05, 3.63) is 48.5 Å². The molecule has 2 heterocycles. The third kappa shape index (κ3) is 4.26. The first kappa shape index (κ1) is 17.3. The Labute approximate surface area is 142 Å². The van der Waals surface area contributed by atoms with Gasteiger partial charge in [0.1, 0.15) is 17.3 Å². The first-order chi connectivity index (χ1) is 11.1. The summed E-state index contributed by atoms with van der Waals surface area (Å²) in [6.07, 6.45) is 6.83. The molecule has 2 aromatic rings. The molecule has 0 bridgehead atoms. The molecule has 0 aliphatic heterocycles. The second-order valence-corrected chi connectivity index (χ2v) is 6.36. The molecule has 0 saturated heterocycles. The van der Waals surface area contributed by atoms with Crippen molar-refractivity contribution >= 4 is 22.5 Å². The Hall–Kier alpha value is -2.01. The van der Waals surface area contributed by atoms with E-state index in [1.54, 1.807) is 18.0 Å².